The lowest BCUT2D eigenvalue weighted by molar-refractivity contribution is 1.13. The summed E-state index contributed by atoms with van der Waals surface area (Å²) in [5.41, 5.74) is 2.62. The van der Waals surface area contributed by atoms with E-state index >= 15 is 0 Å². The number of allylic oxidation sites excluding steroid dienone is 2. The van der Waals surface area contributed by atoms with Gasteiger partial charge in [-0.3, -0.25) is 4.99 Å². The Bertz CT molecular complexity index is 160. The monoisotopic (exact) mass is 137 g/mol. The highest BCUT2D eigenvalue weighted by Crippen LogP contribution is 2.04. The number of nitrogens with zero attached hydrogens (tertiary/aromatic N) is 1. The van der Waals surface area contributed by atoms with Crippen molar-refractivity contribution < 1.29 is 0 Å². The van der Waals surface area contributed by atoms with Crippen LogP contribution in [0.25, 0.3) is 0 Å². The summed E-state index contributed by atoms with van der Waals surface area (Å²) in [6.45, 7) is 9.81. The zero-order valence-corrected chi connectivity index (χ0v) is 7.02. The third-order valence-electron chi connectivity index (χ3n) is 1.36. The van der Waals surface area contributed by atoms with Gasteiger partial charge in [0.25, 0.3) is 0 Å². The molecule has 0 aromatic carbocycles. The normalized spacial score (nSPS) is 9.90. The molecule has 0 aromatic rings. The molecule has 10 heavy (non-hydrogen) atoms. The van der Waals surface area contributed by atoms with Gasteiger partial charge in [0.2, 0.25) is 0 Å². The van der Waals surface area contributed by atoms with E-state index in [2.05, 4.69) is 32.3 Å². The van der Waals surface area contributed by atoms with E-state index in [9.17, 15) is 0 Å². The molecule has 0 atom stereocenters. The van der Waals surface area contributed by atoms with Crippen molar-refractivity contribution in [2.24, 2.45) is 4.99 Å². The van der Waals surface area contributed by atoms with E-state index < -0.39 is 0 Å². The molecule has 56 valence electrons. The Morgan fingerprint density at radius 2 is 2.10 bits per heavy atom. The molecule has 0 spiro atoms. The number of aliphatic imine (C=N–C) groups is 1. The summed E-state index contributed by atoms with van der Waals surface area (Å²) < 4.78 is 0. The van der Waals surface area contributed by atoms with Gasteiger partial charge in [-0.1, -0.05) is 19.1 Å². The molecule has 0 aliphatic carbocycles. The fourth-order valence-electron chi connectivity index (χ4n) is 0.717. The molecular formula is C9H15N. The maximum Gasteiger partial charge on any atom is 0.0298 e. The minimum atomic E-state index is 1.04. The Labute approximate surface area is 63.2 Å². The van der Waals surface area contributed by atoms with Gasteiger partial charge in [-0.25, -0.2) is 0 Å². The Balaban J connectivity index is 4.23. The van der Waals surface area contributed by atoms with Gasteiger partial charge in [0, 0.05) is 12.4 Å². The van der Waals surface area contributed by atoms with Crippen LogP contribution in [0.2, 0.25) is 0 Å². The molecule has 0 rings (SSSR count). The number of rotatable bonds is 3. The molecule has 0 saturated heterocycles. The van der Waals surface area contributed by atoms with E-state index in [-0.39, 0.29) is 0 Å². The van der Waals surface area contributed by atoms with E-state index in [4.69, 9.17) is 0 Å². The zero-order chi connectivity index (χ0) is 7.98. The summed E-state index contributed by atoms with van der Waals surface area (Å²) in [5.74, 6) is 0. The molecule has 1 heteroatoms. The van der Waals surface area contributed by atoms with Crippen molar-refractivity contribution in [2.45, 2.75) is 27.2 Å². The summed E-state index contributed by atoms with van der Waals surface area (Å²) in [6.07, 6.45) is 4.46. The second-order valence-electron chi connectivity index (χ2n) is 2.34. The van der Waals surface area contributed by atoms with E-state index in [1.54, 1.807) is 6.20 Å². The first-order valence-corrected chi connectivity index (χ1v) is 3.52. The van der Waals surface area contributed by atoms with E-state index in [0.717, 1.165) is 6.42 Å². The summed E-state index contributed by atoms with van der Waals surface area (Å²) in [5, 5.41) is 0. The van der Waals surface area contributed by atoms with E-state index in [1.807, 2.05) is 6.21 Å². The van der Waals surface area contributed by atoms with Crippen LogP contribution in [0, 0.1) is 0 Å². The first-order valence-electron chi connectivity index (χ1n) is 3.52. The quantitative estimate of drug-likeness (QED) is 0.530. The van der Waals surface area contributed by atoms with E-state index in [1.165, 1.54) is 11.1 Å². The van der Waals surface area contributed by atoms with Gasteiger partial charge in [-0.2, -0.15) is 0 Å². The standard InChI is InChI=1S/C9H15N/c1-5-9(8(3)4)7-10-6-2/h6-7H,2,5H2,1,3-4H3. The molecule has 0 aliphatic heterocycles. The average molecular weight is 137 g/mol. The maximum atomic E-state index is 3.95. The molecule has 0 aliphatic rings. The van der Waals surface area contributed by atoms with Crippen molar-refractivity contribution in [2.75, 3.05) is 0 Å². The lowest BCUT2D eigenvalue weighted by Gasteiger charge is -1.97. The van der Waals surface area contributed by atoms with Crippen LogP contribution in [0.4, 0.5) is 0 Å². The molecule has 0 saturated carbocycles. The second-order valence-corrected chi connectivity index (χ2v) is 2.34. The molecule has 0 amide bonds. The summed E-state index contributed by atoms with van der Waals surface area (Å²) in [6, 6.07) is 0. The van der Waals surface area contributed by atoms with E-state index in [0.29, 0.717) is 0 Å². The lowest BCUT2D eigenvalue weighted by atomic mass is 10.1. The first-order chi connectivity index (χ1) is 4.72. The van der Waals surface area contributed by atoms with Crippen molar-refractivity contribution in [1.82, 2.24) is 0 Å². The molecule has 0 unspecified atom stereocenters. The fourth-order valence-corrected chi connectivity index (χ4v) is 0.717. The summed E-state index contributed by atoms with van der Waals surface area (Å²) in [7, 11) is 0. The topological polar surface area (TPSA) is 12.4 Å². The molecule has 0 radical (unpaired) electrons. The highest BCUT2D eigenvalue weighted by Gasteiger charge is 1.89. The van der Waals surface area contributed by atoms with Crippen LogP contribution in [0.5, 0.6) is 0 Å². The van der Waals surface area contributed by atoms with Gasteiger partial charge < -0.3 is 0 Å². The van der Waals surface area contributed by atoms with Crippen molar-refractivity contribution in [3.8, 4) is 0 Å². The smallest absolute Gasteiger partial charge is 0.0298 e. The third-order valence-corrected chi connectivity index (χ3v) is 1.36. The largest absolute Gasteiger partial charge is 0.265 e. The Morgan fingerprint density at radius 3 is 2.40 bits per heavy atom. The van der Waals surface area contributed by atoms with Crippen molar-refractivity contribution >= 4 is 6.21 Å². The molecule has 0 aromatic heterocycles. The molecule has 0 bridgehead atoms. The minimum Gasteiger partial charge on any atom is -0.265 e. The number of hydrogen-bond donors (Lipinski definition) is 0. The predicted molar refractivity (Wildman–Crippen MR) is 47.4 cm³/mol. The third kappa shape index (κ3) is 3.23. The van der Waals surface area contributed by atoms with Crippen LogP contribution < -0.4 is 0 Å². The van der Waals surface area contributed by atoms with Gasteiger partial charge in [0.15, 0.2) is 0 Å². The first kappa shape index (κ1) is 9.15. The summed E-state index contributed by atoms with van der Waals surface area (Å²) in [4.78, 5) is 3.95. The van der Waals surface area contributed by atoms with Crippen LogP contribution in [-0.2, 0) is 0 Å². The van der Waals surface area contributed by atoms with Crippen LogP contribution in [0.3, 0.4) is 0 Å². The predicted octanol–water partition coefficient (Wildman–Crippen LogP) is 2.95. The SMILES string of the molecule is C=CN=CC(CC)=C(C)C. The van der Waals surface area contributed by atoms with Gasteiger partial charge in [0.05, 0.1) is 0 Å². The van der Waals surface area contributed by atoms with Crippen LogP contribution >= 0.6 is 0 Å². The highest BCUT2D eigenvalue weighted by molar-refractivity contribution is 5.79. The molecular weight excluding hydrogens is 122 g/mol. The van der Waals surface area contributed by atoms with Gasteiger partial charge in [-0.05, 0) is 25.8 Å². The average Bonchev–Trinajstić information content (AvgIpc) is 1.89. The zero-order valence-electron chi connectivity index (χ0n) is 7.02. The fraction of sp³-hybridized carbons (Fsp3) is 0.444. The molecule has 0 fully saturated rings. The van der Waals surface area contributed by atoms with Gasteiger partial charge in [0.1, 0.15) is 0 Å². The second kappa shape index (κ2) is 4.98. The van der Waals surface area contributed by atoms with Crippen LogP contribution in [0.15, 0.2) is 28.9 Å². The maximum absolute atomic E-state index is 3.95. The molecule has 1 nitrogen and oxygen atoms in total. The Kier molecular flexibility index (Phi) is 4.55. The lowest BCUT2D eigenvalue weighted by Crippen LogP contribution is -1.84. The van der Waals surface area contributed by atoms with Gasteiger partial charge >= 0.3 is 0 Å². The van der Waals surface area contributed by atoms with Crippen LogP contribution in [-0.4, -0.2) is 6.21 Å². The summed E-state index contributed by atoms with van der Waals surface area (Å²) >= 11 is 0. The van der Waals surface area contributed by atoms with Gasteiger partial charge in [-0.15, -0.1) is 0 Å². The molecule has 0 heterocycles. The Morgan fingerprint density at radius 1 is 1.50 bits per heavy atom. The van der Waals surface area contributed by atoms with Crippen molar-refractivity contribution in [3.05, 3.63) is 23.9 Å². The minimum absolute atomic E-state index is 1.04. The highest BCUT2D eigenvalue weighted by atomic mass is 14.7. The Hall–Kier alpha value is -0.850. The van der Waals surface area contributed by atoms with Crippen LogP contribution in [0.1, 0.15) is 27.2 Å². The van der Waals surface area contributed by atoms with Crippen molar-refractivity contribution in [3.63, 3.8) is 0 Å². The molecule has 0 N–H and O–H groups in total. The number of hydrogen-bond acceptors (Lipinski definition) is 1. The van der Waals surface area contributed by atoms with Crippen molar-refractivity contribution in [1.29, 1.82) is 0 Å².